The maximum Gasteiger partial charge on any atom is 0.241 e. The molecule has 0 aromatic carbocycles. The molecule has 1 aliphatic carbocycles. The van der Waals surface area contributed by atoms with E-state index in [0.717, 1.165) is 18.8 Å². The Hall–Kier alpha value is -0.570. The van der Waals surface area contributed by atoms with E-state index >= 15 is 0 Å². The Morgan fingerprint density at radius 3 is 2.42 bits per heavy atom. The number of rotatable bonds is 4. The molecule has 0 bridgehead atoms. The molecule has 0 radical (unpaired) electrons. The molecule has 3 nitrogen and oxygen atoms in total. The molecule has 1 saturated carbocycles. The second kappa shape index (κ2) is 6.25. The summed E-state index contributed by atoms with van der Waals surface area (Å²) in [6.07, 6.45) is 7.29. The van der Waals surface area contributed by atoms with Gasteiger partial charge in [0.2, 0.25) is 5.91 Å². The van der Waals surface area contributed by atoms with E-state index in [1.54, 1.807) is 0 Å². The van der Waals surface area contributed by atoms with Crippen molar-refractivity contribution in [2.75, 3.05) is 0 Å². The molecule has 3 atom stereocenters. The molecule has 0 spiro atoms. The molecule has 3 heteroatoms. The molecule has 110 valence electrons. The van der Waals surface area contributed by atoms with Crippen LogP contribution in [0.1, 0.15) is 66.2 Å². The molecule has 19 heavy (non-hydrogen) atoms. The van der Waals surface area contributed by atoms with Crippen molar-refractivity contribution in [2.24, 2.45) is 11.8 Å². The van der Waals surface area contributed by atoms with E-state index in [-0.39, 0.29) is 12.2 Å². The van der Waals surface area contributed by atoms with Gasteiger partial charge in [-0.1, -0.05) is 34.1 Å². The zero-order chi connectivity index (χ0) is 14.0. The summed E-state index contributed by atoms with van der Waals surface area (Å²) in [6.45, 7) is 8.88. The van der Waals surface area contributed by atoms with Gasteiger partial charge in [-0.15, -0.1) is 0 Å². The van der Waals surface area contributed by atoms with Gasteiger partial charge in [0.15, 0.2) is 0 Å². The summed E-state index contributed by atoms with van der Waals surface area (Å²) >= 11 is 0. The fourth-order valence-electron chi connectivity index (χ4n) is 3.59. The highest BCUT2D eigenvalue weighted by Gasteiger charge is 2.43. The van der Waals surface area contributed by atoms with Gasteiger partial charge in [0.1, 0.15) is 0 Å². The molecule has 0 aromatic rings. The molecule has 2 fully saturated rings. The largest absolute Gasteiger partial charge is 0.323 e. The quantitative estimate of drug-likeness (QED) is 0.848. The third-order valence-corrected chi connectivity index (χ3v) is 5.21. The van der Waals surface area contributed by atoms with Crippen LogP contribution in [0.2, 0.25) is 0 Å². The van der Waals surface area contributed by atoms with Gasteiger partial charge in [-0.3, -0.25) is 10.1 Å². The lowest BCUT2D eigenvalue weighted by molar-refractivity contribution is -0.134. The van der Waals surface area contributed by atoms with Crippen molar-refractivity contribution in [2.45, 2.75) is 84.5 Å². The van der Waals surface area contributed by atoms with E-state index in [1.807, 2.05) is 0 Å². The highest BCUT2D eigenvalue weighted by Crippen LogP contribution is 2.32. The number of nitrogens with zero attached hydrogens (tertiary/aromatic N) is 1. The average Bonchev–Trinajstić information content (AvgIpc) is 2.76. The lowest BCUT2D eigenvalue weighted by atomic mass is 9.86. The summed E-state index contributed by atoms with van der Waals surface area (Å²) in [4.78, 5) is 14.9. The number of carbonyl (C=O) groups is 1. The minimum absolute atomic E-state index is 0.0503. The van der Waals surface area contributed by atoms with Gasteiger partial charge in [0, 0.05) is 6.04 Å². The Labute approximate surface area is 118 Å². The number of nitrogens with one attached hydrogen (secondary N) is 1. The van der Waals surface area contributed by atoms with Gasteiger partial charge in [0.05, 0.1) is 12.2 Å². The van der Waals surface area contributed by atoms with Crippen LogP contribution in [-0.4, -0.2) is 29.1 Å². The maximum atomic E-state index is 12.7. The van der Waals surface area contributed by atoms with Crippen LogP contribution in [0.3, 0.4) is 0 Å². The molecular formula is C16H30N2O. The van der Waals surface area contributed by atoms with Gasteiger partial charge in [-0.05, 0) is 43.9 Å². The highest BCUT2D eigenvalue weighted by atomic mass is 16.2. The lowest BCUT2D eigenvalue weighted by Crippen LogP contribution is -2.45. The Bertz CT molecular complexity index is 310. The molecule has 1 N–H and O–H groups in total. The summed E-state index contributed by atoms with van der Waals surface area (Å²) in [5.41, 5.74) is 0. The fraction of sp³-hybridized carbons (Fsp3) is 0.938. The van der Waals surface area contributed by atoms with Crippen LogP contribution >= 0.6 is 0 Å². The first kappa shape index (κ1) is 14.8. The molecule has 1 heterocycles. The number of carbonyl (C=O) groups excluding carboxylic acids is 1. The van der Waals surface area contributed by atoms with Crippen molar-refractivity contribution < 1.29 is 4.79 Å². The summed E-state index contributed by atoms with van der Waals surface area (Å²) in [5, 5.41) is 3.58. The Morgan fingerprint density at radius 2 is 1.89 bits per heavy atom. The average molecular weight is 266 g/mol. The van der Waals surface area contributed by atoms with Crippen LogP contribution in [0.4, 0.5) is 0 Å². The Balaban J connectivity index is 2.07. The van der Waals surface area contributed by atoms with Crippen molar-refractivity contribution in [3.8, 4) is 0 Å². The first-order valence-corrected chi connectivity index (χ1v) is 8.16. The van der Waals surface area contributed by atoms with Crippen LogP contribution in [-0.2, 0) is 4.79 Å². The summed E-state index contributed by atoms with van der Waals surface area (Å²) in [5.74, 6) is 1.64. The molecule has 0 aromatic heterocycles. The van der Waals surface area contributed by atoms with Crippen molar-refractivity contribution >= 4 is 5.91 Å². The standard InChI is InChI=1S/C16H30N2O/c1-5-12(4)15-16(19)18(14(6-2)17-15)13-9-7-11(3)8-10-13/h11-15,17H,5-10H2,1-4H3. The highest BCUT2D eigenvalue weighted by molar-refractivity contribution is 5.85. The summed E-state index contributed by atoms with van der Waals surface area (Å²) in [6, 6.07) is 0.532. The molecular weight excluding hydrogens is 236 g/mol. The fourth-order valence-corrected chi connectivity index (χ4v) is 3.59. The number of hydrogen-bond acceptors (Lipinski definition) is 2. The first-order valence-electron chi connectivity index (χ1n) is 8.16. The van der Waals surface area contributed by atoms with Gasteiger partial charge in [-0.25, -0.2) is 0 Å². The van der Waals surface area contributed by atoms with Gasteiger partial charge < -0.3 is 4.90 Å². The van der Waals surface area contributed by atoms with E-state index in [0.29, 0.717) is 17.9 Å². The van der Waals surface area contributed by atoms with Gasteiger partial charge >= 0.3 is 0 Å². The predicted octanol–water partition coefficient (Wildman–Crippen LogP) is 3.15. The second-order valence-corrected chi connectivity index (χ2v) is 6.61. The van der Waals surface area contributed by atoms with Crippen LogP contribution in [0.5, 0.6) is 0 Å². The summed E-state index contributed by atoms with van der Waals surface area (Å²) < 4.78 is 0. The Morgan fingerprint density at radius 1 is 1.26 bits per heavy atom. The lowest BCUT2D eigenvalue weighted by Gasteiger charge is -2.36. The monoisotopic (exact) mass is 266 g/mol. The molecule has 3 unspecified atom stereocenters. The van der Waals surface area contributed by atoms with Crippen molar-refractivity contribution in [1.29, 1.82) is 0 Å². The zero-order valence-corrected chi connectivity index (χ0v) is 13.0. The van der Waals surface area contributed by atoms with Gasteiger partial charge in [0.25, 0.3) is 0 Å². The second-order valence-electron chi connectivity index (χ2n) is 6.61. The topological polar surface area (TPSA) is 32.3 Å². The third-order valence-electron chi connectivity index (χ3n) is 5.21. The SMILES string of the molecule is CCC(C)C1NC(CC)N(C2CCC(C)CC2)C1=O. The number of amides is 1. The third kappa shape index (κ3) is 2.96. The van der Waals surface area contributed by atoms with E-state index in [9.17, 15) is 4.79 Å². The van der Waals surface area contributed by atoms with Crippen molar-refractivity contribution in [3.63, 3.8) is 0 Å². The van der Waals surface area contributed by atoms with E-state index < -0.39 is 0 Å². The maximum absolute atomic E-state index is 12.7. The van der Waals surface area contributed by atoms with Crippen molar-refractivity contribution in [1.82, 2.24) is 10.2 Å². The normalized spacial score (nSPS) is 37.7. The Kier molecular flexibility index (Phi) is 4.88. The van der Waals surface area contributed by atoms with Crippen molar-refractivity contribution in [3.05, 3.63) is 0 Å². The minimum Gasteiger partial charge on any atom is -0.323 e. The molecule has 1 aliphatic heterocycles. The molecule has 2 aliphatic rings. The molecule has 1 amide bonds. The predicted molar refractivity (Wildman–Crippen MR) is 78.7 cm³/mol. The van der Waals surface area contributed by atoms with E-state index in [2.05, 4.69) is 37.9 Å². The van der Waals surface area contributed by atoms with Gasteiger partial charge in [-0.2, -0.15) is 0 Å². The molecule has 2 rings (SSSR count). The first-order chi connectivity index (χ1) is 9.08. The summed E-state index contributed by atoms with van der Waals surface area (Å²) in [7, 11) is 0. The zero-order valence-electron chi connectivity index (χ0n) is 13.0. The van der Waals surface area contributed by atoms with E-state index in [4.69, 9.17) is 0 Å². The number of hydrogen-bond donors (Lipinski definition) is 1. The van der Waals surface area contributed by atoms with Crippen LogP contribution < -0.4 is 5.32 Å². The van der Waals surface area contributed by atoms with Crippen LogP contribution in [0.15, 0.2) is 0 Å². The molecule has 1 saturated heterocycles. The van der Waals surface area contributed by atoms with Crippen LogP contribution in [0.25, 0.3) is 0 Å². The van der Waals surface area contributed by atoms with Crippen LogP contribution in [0, 0.1) is 11.8 Å². The van der Waals surface area contributed by atoms with E-state index in [1.165, 1.54) is 25.7 Å². The minimum atomic E-state index is 0.0503. The smallest absolute Gasteiger partial charge is 0.241 e.